The van der Waals surface area contributed by atoms with Crippen LogP contribution in [0, 0.1) is 17.8 Å². The van der Waals surface area contributed by atoms with E-state index in [1.54, 1.807) is 6.92 Å². The van der Waals surface area contributed by atoms with Gasteiger partial charge in [-0.1, -0.05) is 46.0 Å². The minimum absolute atomic E-state index is 0.0542. The Morgan fingerprint density at radius 3 is 2.46 bits per heavy atom. The SMILES string of the molecule is CCOC(=O)CCCNC(=O)[C@H](CC(C)C)C[C@H](O)[C@@H](N)CC1CCCCC1. The Labute approximate surface area is 171 Å². The molecule has 28 heavy (non-hydrogen) atoms. The minimum atomic E-state index is -0.657. The van der Waals surface area contributed by atoms with E-state index in [1.807, 2.05) is 0 Å². The molecule has 0 saturated heterocycles. The van der Waals surface area contributed by atoms with Crippen molar-refractivity contribution in [3.05, 3.63) is 0 Å². The van der Waals surface area contributed by atoms with Gasteiger partial charge in [0.25, 0.3) is 0 Å². The molecule has 0 aliphatic heterocycles. The molecule has 0 aromatic rings. The normalized spacial score (nSPS) is 18.5. The molecule has 3 atom stereocenters. The Morgan fingerprint density at radius 2 is 1.86 bits per heavy atom. The summed E-state index contributed by atoms with van der Waals surface area (Å²) >= 11 is 0. The van der Waals surface area contributed by atoms with E-state index in [0.717, 1.165) is 12.8 Å². The molecule has 1 aliphatic carbocycles. The molecular weight excluding hydrogens is 356 g/mol. The highest BCUT2D eigenvalue weighted by atomic mass is 16.5. The van der Waals surface area contributed by atoms with Gasteiger partial charge in [-0.2, -0.15) is 0 Å². The van der Waals surface area contributed by atoms with Crippen molar-refractivity contribution in [3.63, 3.8) is 0 Å². The summed E-state index contributed by atoms with van der Waals surface area (Å²) in [5.74, 6) is 0.423. The highest BCUT2D eigenvalue weighted by Gasteiger charge is 2.27. The zero-order chi connectivity index (χ0) is 20.9. The Bertz CT molecular complexity index is 450. The number of carbonyl (C=O) groups is 2. The Kier molecular flexibility index (Phi) is 12.4. The fraction of sp³-hybridized carbons (Fsp3) is 0.909. The molecule has 0 radical (unpaired) electrons. The molecule has 1 amide bonds. The summed E-state index contributed by atoms with van der Waals surface area (Å²) in [6.45, 7) is 6.75. The van der Waals surface area contributed by atoms with Gasteiger partial charge in [-0.05, 0) is 44.4 Å². The number of hydrogen-bond acceptors (Lipinski definition) is 5. The van der Waals surface area contributed by atoms with Gasteiger partial charge in [0.1, 0.15) is 0 Å². The molecule has 0 aromatic heterocycles. The Hall–Kier alpha value is -1.14. The number of aliphatic hydroxyl groups excluding tert-OH is 1. The molecule has 0 bridgehead atoms. The van der Waals surface area contributed by atoms with Crippen molar-refractivity contribution in [1.29, 1.82) is 0 Å². The van der Waals surface area contributed by atoms with Gasteiger partial charge in [-0.25, -0.2) is 0 Å². The predicted octanol–water partition coefficient (Wildman–Crippen LogP) is 3.16. The fourth-order valence-electron chi connectivity index (χ4n) is 4.13. The monoisotopic (exact) mass is 398 g/mol. The predicted molar refractivity (Wildman–Crippen MR) is 112 cm³/mol. The number of ether oxygens (including phenoxy) is 1. The van der Waals surface area contributed by atoms with Crippen LogP contribution in [-0.4, -0.2) is 42.3 Å². The second-order valence-corrected chi connectivity index (χ2v) is 8.73. The zero-order valence-corrected chi connectivity index (χ0v) is 18.1. The molecule has 0 aromatic carbocycles. The summed E-state index contributed by atoms with van der Waals surface area (Å²) in [4.78, 5) is 24.0. The van der Waals surface area contributed by atoms with Crippen LogP contribution >= 0.6 is 0 Å². The van der Waals surface area contributed by atoms with Crippen molar-refractivity contribution in [2.24, 2.45) is 23.5 Å². The van der Waals surface area contributed by atoms with Crippen LogP contribution in [0.5, 0.6) is 0 Å². The van der Waals surface area contributed by atoms with E-state index in [-0.39, 0.29) is 23.8 Å². The first-order chi connectivity index (χ1) is 13.3. The molecule has 0 unspecified atom stereocenters. The van der Waals surface area contributed by atoms with E-state index in [0.29, 0.717) is 44.2 Å². The van der Waals surface area contributed by atoms with Crippen LogP contribution in [0.3, 0.4) is 0 Å². The van der Waals surface area contributed by atoms with Crippen molar-refractivity contribution in [2.45, 2.75) is 97.1 Å². The smallest absolute Gasteiger partial charge is 0.305 e. The molecule has 1 saturated carbocycles. The van der Waals surface area contributed by atoms with E-state index >= 15 is 0 Å². The second-order valence-electron chi connectivity index (χ2n) is 8.73. The number of aliphatic hydroxyl groups is 1. The van der Waals surface area contributed by atoms with Crippen molar-refractivity contribution in [2.75, 3.05) is 13.2 Å². The van der Waals surface area contributed by atoms with Gasteiger partial charge in [-0.15, -0.1) is 0 Å². The summed E-state index contributed by atoms with van der Waals surface area (Å²) in [6, 6.07) is -0.269. The molecule has 1 aliphatic rings. The van der Waals surface area contributed by atoms with Crippen molar-refractivity contribution in [1.82, 2.24) is 5.32 Å². The van der Waals surface area contributed by atoms with Gasteiger partial charge in [0.05, 0.1) is 12.7 Å². The van der Waals surface area contributed by atoms with Gasteiger partial charge in [0, 0.05) is 24.9 Å². The first kappa shape index (κ1) is 24.9. The van der Waals surface area contributed by atoms with Gasteiger partial charge in [0.2, 0.25) is 5.91 Å². The third-order valence-corrected chi connectivity index (χ3v) is 5.64. The lowest BCUT2D eigenvalue weighted by Gasteiger charge is -2.29. The van der Waals surface area contributed by atoms with Gasteiger partial charge < -0.3 is 20.9 Å². The number of carbonyl (C=O) groups excluding carboxylic acids is 2. The Balaban J connectivity index is 2.44. The highest BCUT2D eigenvalue weighted by molar-refractivity contribution is 5.78. The average Bonchev–Trinajstić information content (AvgIpc) is 2.65. The molecule has 0 heterocycles. The number of amides is 1. The fourth-order valence-corrected chi connectivity index (χ4v) is 4.13. The van der Waals surface area contributed by atoms with Gasteiger partial charge in [0.15, 0.2) is 0 Å². The number of hydrogen-bond donors (Lipinski definition) is 3. The molecule has 1 fully saturated rings. The summed E-state index contributed by atoms with van der Waals surface area (Å²) in [5, 5.41) is 13.5. The number of esters is 1. The van der Waals surface area contributed by atoms with Crippen LogP contribution in [0.25, 0.3) is 0 Å². The number of rotatable bonds is 13. The second kappa shape index (κ2) is 13.9. The molecule has 6 nitrogen and oxygen atoms in total. The lowest BCUT2D eigenvalue weighted by molar-refractivity contribution is -0.143. The first-order valence-corrected chi connectivity index (χ1v) is 11.2. The Morgan fingerprint density at radius 1 is 1.18 bits per heavy atom. The van der Waals surface area contributed by atoms with Gasteiger partial charge in [-0.3, -0.25) is 9.59 Å². The van der Waals surface area contributed by atoms with E-state index in [4.69, 9.17) is 10.5 Å². The van der Waals surface area contributed by atoms with Gasteiger partial charge >= 0.3 is 5.97 Å². The minimum Gasteiger partial charge on any atom is -0.466 e. The van der Waals surface area contributed by atoms with Crippen LogP contribution < -0.4 is 11.1 Å². The van der Waals surface area contributed by atoms with Crippen LogP contribution in [-0.2, 0) is 14.3 Å². The topological polar surface area (TPSA) is 102 Å². The van der Waals surface area contributed by atoms with Crippen LogP contribution in [0.1, 0.15) is 85.0 Å². The van der Waals surface area contributed by atoms with E-state index in [9.17, 15) is 14.7 Å². The van der Waals surface area contributed by atoms with Crippen molar-refractivity contribution < 1.29 is 19.4 Å². The summed E-state index contributed by atoms with van der Waals surface area (Å²) < 4.78 is 4.89. The maximum atomic E-state index is 12.6. The highest BCUT2D eigenvalue weighted by Crippen LogP contribution is 2.28. The lowest BCUT2D eigenvalue weighted by Crippen LogP contribution is -2.41. The number of nitrogens with one attached hydrogen (secondary N) is 1. The van der Waals surface area contributed by atoms with Crippen LogP contribution in [0.4, 0.5) is 0 Å². The quantitative estimate of drug-likeness (QED) is 0.327. The van der Waals surface area contributed by atoms with E-state index < -0.39 is 6.10 Å². The third-order valence-electron chi connectivity index (χ3n) is 5.64. The van der Waals surface area contributed by atoms with Crippen molar-refractivity contribution >= 4 is 11.9 Å². The lowest BCUT2D eigenvalue weighted by atomic mass is 9.82. The maximum absolute atomic E-state index is 12.6. The molecule has 1 rings (SSSR count). The maximum Gasteiger partial charge on any atom is 0.305 e. The summed E-state index contributed by atoms with van der Waals surface area (Å²) in [5.41, 5.74) is 6.28. The summed E-state index contributed by atoms with van der Waals surface area (Å²) in [7, 11) is 0. The molecule has 4 N–H and O–H groups in total. The van der Waals surface area contributed by atoms with E-state index in [1.165, 1.54) is 32.1 Å². The van der Waals surface area contributed by atoms with E-state index in [2.05, 4.69) is 19.2 Å². The zero-order valence-electron chi connectivity index (χ0n) is 18.1. The van der Waals surface area contributed by atoms with Crippen LogP contribution in [0.2, 0.25) is 0 Å². The first-order valence-electron chi connectivity index (χ1n) is 11.2. The van der Waals surface area contributed by atoms with Crippen molar-refractivity contribution in [3.8, 4) is 0 Å². The molecule has 6 heteroatoms. The standard InChI is InChI=1S/C22H42N2O4/c1-4-28-21(26)11-8-12-24-22(27)18(13-16(2)3)15-20(25)19(23)14-17-9-6-5-7-10-17/h16-20,25H,4-15,23H2,1-3H3,(H,24,27)/t18-,19+,20+/m1/s1. The molecule has 0 spiro atoms. The van der Waals surface area contributed by atoms with Crippen LogP contribution in [0.15, 0.2) is 0 Å². The average molecular weight is 399 g/mol. The largest absolute Gasteiger partial charge is 0.466 e. The third kappa shape index (κ3) is 10.4. The number of nitrogens with two attached hydrogens (primary N) is 1. The molecular formula is C22H42N2O4. The summed E-state index contributed by atoms with van der Waals surface area (Å²) in [6.07, 6.45) is 8.41. The molecule has 164 valence electrons.